The lowest BCUT2D eigenvalue weighted by Crippen LogP contribution is -2.26. The number of nitrogens with one attached hydrogen (secondary N) is 1. The Morgan fingerprint density at radius 2 is 1.70 bits per heavy atom. The molecule has 172 valence electrons. The van der Waals surface area contributed by atoms with Gasteiger partial charge < -0.3 is 14.8 Å². The highest BCUT2D eigenvalue weighted by molar-refractivity contribution is 7.90. The molecule has 3 rings (SSSR count). The van der Waals surface area contributed by atoms with Crippen molar-refractivity contribution in [1.82, 2.24) is 0 Å². The van der Waals surface area contributed by atoms with Crippen molar-refractivity contribution in [2.75, 3.05) is 18.7 Å². The van der Waals surface area contributed by atoms with Gasteiger partial charge in [-0.1, -0.05) is 48.0 Å². The molecule has 1 atom stereocenters. The van der Waals surface area contributed by atoms with Crippen molar-refractivity contribution in [2.45, 2.75) is 17.9 Å². The van der Waals surface area contributed by atoms with Gasteiger partial charge in [-0.05, 0) is 42.8 Å². The van der Waals surface area contributed by atoms with E-state index in [-0.39, 0.29) is 15.5 Å². The molecule has 0 aromatic heterocycles. The third-order valence-electron chi connectivity index (χ3n) is 4.76. The summed E-state index contributed by atoms with van der Waals surface area (Å²) in [6, 6.07) is 17.4. The van der Waals surface area contributed by atoms with E-state index in [0.29, 0.717) is 17.0 Å². The van der Waals surface area contributed by atoms with E-state index < -0.39 is 27.8 Å². The van der Waals surface area contributed by atoms with Crippen molar-refractivity contribution in [1.29, 1.82) is 0 Å². The molecule has 1 amide bonds. The highest BCUT2D eigenvalue weighted by atomic mass is 35.5. The summed E-state index contributed by atoms with van der Waals surface area (Å²) in [5.74, 6) is -1.12. The molecule has 0 bridgehead atoms. The first-order chi connectivity index (χ1) is 15.6. The lowest BCUT2D eigenvalue weighted by Gasteiger charge is -2.19. The van der Waals surface area contributed by atoms with Gasteiger partial charge in [0.05, 0.1) is 28.3 Å². The van der Waals surface area contributed by atoms with Gasteiger partial charge in [-0.15, -0.1) is 0 Å². The van der Waals surface area contributed by atoms with Gasteiger partial charge in [0, 0.05) is 11.8 Å². The van der Waals surface area contributed by atoms with Crippen LogP contribution in [0.3, 0.4) is 0 Å². The lowest BCUT2D eigenvalue weighted by atomic mass is 10.1. The van der Waals surface area contributed by atoms with Gasteiger partial charge in [0.15, 0.2) is 9.84 Å². The Morgan fingerprint density at radius 1 is 1.00 bits per heavy atom. The maximum absolute atomic E-state index is 13.2. The third kappa shape index (κ3) is 5.91. The van der Waals surface area contributed by atoms with Gasteiger partial charge in [0.1, 0.15) is 5.75 Å². The lowest BCUT2D eigenvalue weighted by molar-refractivity contribution is -0.125. The minimum atomic E-state index is -3.58. The van der Waals surface area contributed by atoms with E-state index in [1.54, 1.807) is 42.5 Å². The van der Waals surface area contributed by atoms with Crippen LogP contribution in [0.15, 0.2) is 71.6 Å². The number of benzene rings is 3. The first-order valence-corrected chi connectivity index (χ1v) is 12.1. The Labute approximate surface area is 197 Å². The van der Waals surface area contributed by atoms with E-state index in [0.717, 1.165) is 17.9 Å². The molecule has 0 aliphatic rings. The number of halogens is 1. The molecule has 0 radical (unpaired) electrons. The van der Waals surface area contributed by atoms with Crippen LogP contribution in [0.2, 0.25) is 5.02 Å². The summed E-state index contributed by atoms with van der Waals surface area (Å²) in [7, 11) is -2.11. The van der Waals surface area contributed by atoms with Gasteiger partial charge in [0.25, 0.3) is 5.91 Å². The number of carbonyl (C=O) groups excluding carboxylic acids is 2. The monoisotopic (exact) mass is 487 g/mol. The average molecular weight is 488 g/mol. The fraction of sp³-hybridized carbons (Fsp3) is 0.167. The molecule has 33 heavy (non-hydrogen) atoms. The summed E-state index contributed by atoms with van der Waals surface area (Å²) < 4.78 is 34.6. The highest BCUT2D eigenvalue weighted by Gasteiger charge is 2.28. The van der Waals surface area contributed by atoms with Crippen LogP contribution < -0.4 is 10.1 Å². The fourth-order valence-corrected chi connectivity index (χ4v) is 3.92. The van der Waals surface area contributed by atoms with Gasteiger partial charge in [-0.25, -0.2) is 13.2 Å². The number of ether oxygens (including phenoxy) is 2. The van der Waals surface area contributed by atoms with Crippen LogP contribution in [0.25, 0.3) is 0 Å². The van der Waals surface area contributed by atoms with Gasteiger partial charge in [-0.3, -0.25) is 4.79 Å². The summed E-state index contributed by atoms with van der Waals surface area (Å²) in [5.41, 5.74) is 1.56. The topological polar surface area (TPSA) is 98.8 Å². The Bertz CT molecular complexity index is 1290. The summed E-state index contributed by atoms with van der Waals surface area (Å²) in [6.45, 7) is 1.86. The third-order valence-corrected chi connectivity index (χ3v) is 6.20. The molecular formula is C24H22ClNO6S. The predicted octanol–water partition coefficient (Wildman–Crippen LogP) is 4.60. The van der Waals surface area contributed by atoms with Crippen molar-refractivity contribution in [3.05, 3.63) is 88.4 Å². The number of anilines is 1. The molecule has 0 aliphatic carbocycles. The number of hydrogen-bond acceptors (Lipinski definition) is 6. The molecule has 1 N–H and O–H groups in total. The summed E-state index contributed by atoms with van der Waals surface area (Å²) in [4.78, 5) is 26.1. The summed E-state index contributed by atoms with van der Waals surface area (Å²) >= 11 is 6.12. The molecule has 1 unspecified atom stereocenters. The zero-order chi connectivity index (χ0) is 24.2. The number of esters is 1. The summed E-state index contributed by atoms with van der Waals surface area (Å²) in [5, 5.41) is 2.74. The predicted molar refractivity (Wildman–Crippen MR) is 126 cm³/mol. The van der Waals surface area contributed by atoms with E-state index in [2.05, 4.69) is 5.32 Å². The molecule has 0 saturated heterocycles. The Kier molecular flexibility index (Phi) is 7.40. The van der Waals surface area contributed by atoms with Crippen LogP contribution in [0.4, 0.5) is 5.69 Å². The number of aryl methyl sites for hydroxylation is 1. The SMILES string of the molecule is COc1ccc(C)cc1NC(=O)C(OC(=O)c1cc(S(C)(=O)=O)ccc1Cl)c1ccccc1. The molecule has 3 aromatic carbocycles. The number of hydrogen-bond donors (Lipinski definition) is 1. The quantitative estimate of drug-likeness (QED) is 0.489. The molecule has 0 spiro atoms. The molecular weight excluding hydrogens is 466 g/mol. The number of amides is 1. The molecule has 0 fully saturated rings. The van der Waals surface area contributed by atoms with Gasteiger partial charge in [-0.2, -0.15) is 0 Å². The normalized spacial score (nSPS) is 12.0. The zero-order valence-electron chi connectivity index (χ0n) is 18.2. The largest absolute Gasteiger partial charge is 0.495 e. The second kappa shape index (κ2) is 10.1. The standard InChI is InChI=1S/C24H22ClNO6S/c1-15-9-12-21(31-2)20(13-15)26-23(27)22(16-7-5-4-6-8-16)32-24(28)18-14-17(33(3,29)30)10-11-19(18)25/h4-14,22H,1-3H3,(H,26,27). The first-order valence-electron chi connectivity index (χ1n) is 9.81. The van der Waals surface area contributed by atoms with Gasteiger partial charge >= 0.3 is 5.97 Å². The maximum atomic E-state index is 13.2. The molecule has 7 nitrogen and oxygen atoms in total. The minimum absolute atomic E-state index is 0.0000248. The van der Waals surface area contributed by atoms with Crippen molar-refractivity contribution in [2.24, 2.45) is 0 Å². The highest BCUT2D eigenvalue weighted by Crippen LogP contribution is 2.29. The van der Waals surface area contributed by atoms with Crippen LogP contribution in [0, 0.1) is 6.92 Å². The van der Waals surface area contributed by atoms with Crippen LogP contribution in [0.1, 0.15) is 27.6 Å². The van der Waals surface area contributed by atoms with E-state index in [4.69, 9.17) is 21.1 Å². The minimum Gasteiger partial charge on any atom is -0.495 e. The number of rotatable bonds is 7. The number of carbonyl (C=O) groups is 2. The van der Waals surface area contributed by atoms with Crippen molar-refractivity contribution in [3.8, 4) is 5.75 Å². The maximum Gasteiger partial charge on any atom is 0.340 e. The van der Waals surface area contributed by atoms with Crippen molar-refractivity contribution < 1.29 is 27.5 Å². The molecule has 0 saturated carbocycles. The second-order valence-electron chi connectivity index (χ2n) is 7.30. The van der Waals surface area contributed by atoms with Gasteiger partial charge in [0.2, 0.25) is 6.10 Å². The smallest absolute Gasteiger partial charge is 0.340 e. The zero-order valence-corrected chi connectivity index (χ0v) is 19.7. The van der Waals surface area contributed by atoms with Crippen molar-refractivity contribution in [3.63, 3.8) is 0 Å². The van der Waals surface area contributed by atoms with E-state index >= 15 is 0 Å². The van der Waals surface area contributed by atoms with E-state index in [1.165, 1.54) is 19.2 Å². The molecule has 0 aliphatic heterocycles. The van der Waals surface area contributed by atoms with E-state index in [1.807, 2.05) is 13.0 Å². The molecule has 3 aromatic rings. The van der Waals surface area contributed by atoms with Crippen LogP contribution >= 0.6 is 11.6 Å². The average Bonchev–Trinajstić information content (AvgIpc) is 2.77. The van der Waals surface area contributed by atoms with Crippen molar-refractivity contribution >= 4 is 39.0 Å². The van der Waals surface area contributed by atoms with Crippen LogP contribution in [-0.2, 0) is 19.4 Å². The number of methoxy groups -OCH3 is 1. The van der Waals surface area contributed by atoms with Crippen LogP contribution in [-0.4, -0.2) is 33.7 Å². The van der Waals surface area contributed by atoms with E-state index in [9.17, 15) is 18.0 Å². The molecule has 0 heterocycles. The Balaban J connectivity index is 1.96. The first kappa shape index (κ1) is 24.3. The summed E-state index contributed by atoms with van der Waals surface area (Å²) in [6.07, 6.45) is -0.317. The Hall–Kier alpha value is -3.36. The second-order valence-corrected chi connectivity index (χ2v) is 9.73. The Morgan fingerprint density at radius 3 is 2.33 bits per heavy atom. The number of sulfone groups is 1. The van der Waals surface area contributed by atoms with Crippen LogP contribution in [0.5, 0.6) is 5.75 Å². The molecule has 9 heteroatoms. The fourth-order valence-electron chi connectivity index (χ4n) is 3.08.